The molecule has 0 aliphatic rings. The Bertz CT molecular complexity index is 108. The van der Waals surface area contributed by atoms with Crippen molar-refractivity contribution in [2.45, 2.75) is 19.8 Å². The largest absolute Gasteiger partial charge is 0.476 e. The molecule has 0 rings (SSSR count). The van der Waals surface area contributed by atoms with Gasteiger partial charge in [0.25, 0.3) is 0 Å². The fourth-order valence-corrected chi connectivity index (χ4v) is 0.334. The molecule has 0 aromatic rings. The van der Waals surface area contributed by atoms with Crippen LogP contribution in [0.3, 0.4) is 0 Å². The lowest BCUT2D eigenvalue weighted by Crippen LogP contribution is -2.10. The highest BCUT2D eigenvalue weighted by Crippen LogP contribution is 1.87. The molecule has 0 fully saturated rings. The van der Waals surface area contributed by atoms with Crippen LogP contribution in [0.4, 0.5) is 0 Å². The Balaban J connectivity index is 0. The van der Waals surface area contributed by atoms with E-state index in [1.54, 1.807) is 6.92 Å². The summed E-state index contributed by atoms with van der Waals surface area (Å²) in [6.45, 7) is 1.76. The van der Waals surface area contributed by atoms with Crippen LogP contribution in [0, 0.1) is 0 Å². The van der Waals surface area contributed by atoms with Gasteiger partial charge in [0.15, 0.2) is 0 Å². The lowest BCUT2D eigenvalue weighted by Gasteiger charge is -1.85. The molecule has 0 bridgehead atoms. The minimum Gasteiger partial charge on any atom is -0.476 e. The normalized spacial score (nSPS) is 7.67. The first kappa shape index (κ1) is 11.0. The van der Waals surface area contributed by atoms with Gasteiger partial charge in [-0.15, -0.1) is 0 Å². The van der Waals surface area contributed by atoms with Crippen molar-refractivity contribution < 1.29 is 20.2 Å². The molecular formula is C5H10O4. The van der Waals surface area contributed by atoms with E-state index in [0.717, 1.165) is 0 Å². The molecule has 0 radical (unpaired) electrons. The van der Waals surface area contributed by atoms with Gasteiger partial charge in [-0.05, 0) is 6.42 Å². The standard InChI is InChI=1S/C5H8O3.H2O/c1-2-3-4(6)5(7)8;/h2-3H2,1H3,(H,7,8);1H2. The van der Waals surface area contributed by atoms with Crippen LogP contribution in [0.2, 0.25) is 0 Å². The summed E-state index contributed by atoms with van der Waals surface area (Å²) in [6, 6.07) is 0. The first-order valence-corrected chi connectivity index (χ1v) is 2.44. The highest BCUT2D eigenvalue weighted by molar-refractivity contribution is 6.32. The van der Waals surface area contributed by atoms with E-state index in [1.165, 1.54) is 0 Å². The van der Waals surface area contributed by atoms with E-state index in [-0.39, 0.29) is 11.9 Å². The van der Waals surface area contributed by atoms with Crippen LogP contribution in [0.1, 0.15) is 19.8 Å². The fraction of sp³-hybridized carbons (Fsp3) is 0.600. The number of hydrogen-bond donors (Lipinski definition) is 1. The van der Waals surface area contributed by atoms with Crippen LogP contribution in [-0.2, 0) is 9.59 Å². The predicted octanol–water partition coefficient (Wildman–Crippen LogP) is -0.385. The van der Waals surface area contributed by atoms with Crippen LogP contribution in [0.15, 0.2) is 0 Å². The summed E-state index contributed by atoms with van der Waals surface area (Å²) in [4.78, 5) is 19.9. The average molecular weight is 134 g/mol. The van der Waals surface area contributed by atoms with Gasteiger partial charge in [0, 0.05) is 6.42 Å². The second-order valence-corrected chi connectivity index (χ2v) is 1.48. The zero-order chi connectivity index (χ0) is 6.57. The van der Waals surface area contributed by atoms with Crippen molar-refractivity contribution in [1.29, 1.82) is 0 Å². The van der Waals surface area contributed by atoms with E-state index in [0.29, 0.717) is 6.42 Å². The SMILES string of the molecule is CCCC(=O)C(=O)O.O. The zero-order valence-corrected chi connectivity index (χ0v) is 5.18. The second kappa shape index (κ2) is 5.24. The van der Waals surface area contributed by atoms with Gasteiger partial charge in [0.2, 0.25) is 5.78 Å². The summed E-state index contributed by atoms with van der Waals surface area (Å²) in [5.74, 6) is -2.03. The highest BCUT2D eigenvalue weighted by Gasteiger charge is 2.07. The lowest BCUT2D eigenvalue weighted by molar-refractivity contribution is -0.149. The molecule has 3 N–H and O–H groups in total. The number of carbonyl (C=O) groups excluding carboxylic acids is 1. The maximum atomic E-state index is 10.1. The van der Waals surface area contributed by atoms with Crippen molar-refractivity contribution in [2.75, 3.05) is 0 Å². The van der Waals surface area contributed by atoms with E-state index in [4.69, 9.17) is 5.11 Å². The molecule has 54 valence electrons. The topological polar surface area (TPSA) is 85.9 Å². The lowest BCUT2D eigenvalue weighted by atomic mass is 10.2. The van der Waals surface area contributed by atoms with E-state index in [2.05, 4.69) is 0 Å². The third kappa shape index (κ3) is 4.96. The molecule has 0 spiro atoms. The summed E-state index contributed by atoms with van der Waals surface area (Å²) in [6.07, 6.45) is 0.750. The number of ketones is 1. The molecule has 0 aliphatic heterocycles. The molecule has 0 heterocycles. The molecule has 0 atom stereocenters. The molecule has 4 nitrogen and oxygen atoms in total. The predicted molar refractivity (Wildman–Crippen MR) is 31.2 cm³/mol. The van der Waals surface area contributed by atoms with Gasteiger partial charge in [0.1, 0.15) is 0 Å². The Morgan fingerprint density at radius 1 is 1.44 bits per heavy atom. The van der Waals surface area contributed by atoms with Crippen molar-refractivity contribution in [1.82, 2.24) is 0 Å². The number of Topliss-reactive ketones (excluding diaryl/α,β-unsaturated/α-hetero) is 1. The third-order valence-corrected chi connectivity index (χ3v) is 0.716. The summed E-state index contributed by atoms with van der Waals surface area (Å²) in [5.41, 5.74) is 0. The minimum atomic E-state index is -1.33. The van der Waals surface area contributed by atoms with Gasteiger partial charge in [-0.25, -0.2) is 4.79 Å². The van der Waals surface area contributed by atoms with Crippen molar-refractivity contribution in [3.05, 3.63) is 0 Å². The third-order valence-electron chi connectivity index (χ3n) is 0.716. The van der Waals surface area contributed by atoms with Gasteiger partial charge >= 0.3 is 5.97 Å². The number of aliphatic carboxylic acids is 1. The van der Waals surface area contributed by atoms with E-state index >= 15 is 0 Å². The quantitative estimate of drug-likeness (QED) is 0.533. The van der Waals surface area contributed by atoms with Crippen LogP contribution in [0.5, 0.6) is 0 Å². The number of carboxylic acid groups (broad SMARTS) is 1. The van der Waals surface area contributed by atoms with Crippen molar-refractivity contribution in [3.63, 3.8) is 0 Å². The Kier molecular flexibility index (Phi) is 6.39. The van der Waals surface area contributed by atoms with Crippen LogP contribution in [-0.4, -0.2) is 22.3 Å². The summed E-state index contributed by atoms with van der Waals surface area (Å²) >= 11 is 0. The summed E-state index contributed by atoms with van der Waals surface area (Å²) < 4.78 is 0. The molecule has 0 unspecified atom stereocenters. The Labute approximate surface area is 52.8 Å². The molecular weight excluding hydrogens is 124 g/mol. The highest BCUT2D eigenvalue weighted by atomic mass is 16.4. The molecule has 0 aliphatic carbocycles. The van der Waals surface area contributed by atoms with Gasteiger partial charge in [0.05, 0.1) is 0 Å². The number of hydrogen-bond acceptors (Lipinski definition) is 2. The summed E-state index contributed by atoms with van der Waals surface area (Å²) in [5, 5.41) is 7.96. The number of carbonyl (C=O) groups is 2. The first-order chi connectivity index (χ1) is 3.68. The van der Waals surface area contributed by atoms with Crippen LogP contribution < -0.4 is 0 Å². The molecule has 0 saturated heterocycles. The van der Waals surface area contributed by atoms with Crippen molar-refractivity contribution >= 4 is 11.8 Å². The Hall–Kier alpha value is -0.900. The molecule has 0 aromatic carbocycles. The van der Waals surface area contributed by atoms with Crippen LogP contribution in [0.25, 0.3) is 0 Å². The maximum Gasteiger partial charge on any atom is 0.372 e. The molecule has 0 amide bonds. The Morgan fingerprint density at radius 3 is 2.00 bits per heavy atom. The average Bonchev–Trinajstić information content (AvgIpc) is 1.67. The first-order valence-electron chi connectivity index (χ1n) is 2.44. The van der Waals surface area contributed by atoms with E-state index in [1.807, 2.05) is 0 Å². The van der Waals surface area contributed by atoms with Crippen molar-refractivity contribution in [2.24, 2.45) is 0 Å². The monoisotopic (exact) mass is 134 g/mol. The second-order valence-electron chi connectivity index (χ2n) is 1.48. The van der Waals surface area contributed by atoms with E-state index in [9.17, 15) is 9.59 Å². The molecule has 4 heteroatoms. The fourth-order valence-electron chi connectivity index (χ4n) is 0.334. The number of carboxylic acids is 1. The van der Waals surface area contributed by atoms with Gasteiger partial charge < -0.3 is 10.6 Å². The van der Waals surface area contributed by atoms with E-state index < -0.39 is 11.8 Å². The maximum absolute atomic E-state index is 10.1. The molecule has 0 saturated carbocycles. The zero-order valence-electron chi connectivity index (χ0n) is 5.18. The van der Waals surface area contributed by atoms with Gasteiger partial charge in [-0.2, -0.15) is 0 Å². The summed E-state index contributed by atoms with van der Waals surface area (Å²) in [7, 11) is 0. The van der Waals surface area contributed by atoms with Gasteiger partial charge in [-0.3, -0.25) is 4.79 Å². The Morgan fingerprint density at radius 2 is 1.89 bits per heavy atom. The van der Waals surface area contributed by atoms with Crippen LogP contribution >= 0.6 is 0 Å². The molecule has 0 aromatic heterocycles. The van der Waals surface area contributed by atoms with Crippen molar-refractivity contribution in [3.8, 4) is 0 Å². The molecule has 9 heavy (non-hydrogen) atoms. The van der Waals surface area contributed by atoms with Gasteiger partial charge in [-0.1, -0.05) is 6.92 Å². The smallest absolute Gasteiger partial charge is 0.372 e. The minimum absolute atomic E-state index is 0. The number of rotatable bonds is 3.